The summed E-state index contributed by atoms with van der Waals surface area (Å²) in [6, 6.07) is -2.28. The van der Waals surface area contributed by atoms with Crippen molar-refractivity contribution in [1.82, 2.24) is 4.90 Å². The molecule has 16 heavy (non-hydrogen) atoms. The molecule has 1 saturated heterocycles. The van der Waals surface area contributed by atoms with E-state index in [0.717, 1.165) is 12.8 Å². The number of nitrogens with zero attached hydrogens (tertiary/aromatic N) is 1. The van der Waals surface area contributed by atoms with E-state index in [4.69, 9.17) is 5.73 Å². The Bertz CT molecular complexity index is 210. The van der Waals surface area contributed by atoms with Gasteiger partial charge in [0.1, 0.15) is 6.04 Å². The first-order valence-electron chi connectivity index (χ1n) is 5.92. The minimum absolute atomic E-state index is 0.357. The summed E-state index contributed by atoms with van der Waals surface area (Å²) >= 11 is 0. The Balaban J connectivity index is 2.69. The largest absolute Gasteiger partial charge is 0.405 e. The van der Waals surface area contributed by atoms with E-state index in [1.807, 2.05) is 0 Å². The van der Waals surface area contributed by atoms with Crippen LogP contribution in [0, 0.1) is 5.92 Å². The Labute approximate surface area is 95.0 Å². The molecule has 0 radical (unpaired) electrons. The minimum atomic E-state index is -4.21. The first kappa shape index (κ1) is 13.8. The standard InChI is InChI=1S/C11H21F3N2/c1-3-9(15)10(11(12,13)14)16-6-4-8(2)5-7-16/h8-10H,3-7,15H2,1-2H3. The molecule has 0 bridgehead atoms. The van der Waals surface area contributed by atoms with Gasteiger partial charge in [0, 0.05) is 6.04 Å². The molecule has 2 N–H and O–H groups in total. The molecular weight excluding hydrogens is 217 g/mol. The van der Waals surface area contributed by atoms with Gasteiger partial charge in [-0.15, -0.1) is 0 Å². The zero-order valence-electron chi connectivity index (χ0n) is 9.93. The summed E-state index contributed by atoms with van der Waals surface area (Å²) in [7, 11) is 0. The Morgan fingerprint density at radius 2 is 1.81 bits per heavy atom. The monoisotopic (exact) mass is 238 g/mol. The third-order valence-corrected chi connectivity index (χ3v) is 3.42. The fourth-order valence-electron chi connectivity index (χ4n) is 2.25. The number of rotatable bonds is 3. The molecule has 1 aliphatic heterocycles. The molecule has 0 aromatic carbocycles. The highest BCUT2D eigenvalue weighted by Gasteiger charge is 2.46. The number of nitrogens with two attached hydrogens (primary N) is 1. The molecule has 0 amide bonds. The van der Waals surface area contributed by atoms with E-state index in [-0.39, 0.29) is 0 Å². The van der Waals surface area contributed by atoms with Crippen molar-refractivity contribution in [2.45, 2.75) is 51.4 Å². The van der Waals surface area contributed by atoms with E-state index in [1.54, 1.807) is 6.92 Å². The van der Waals surface area contributed by atoms with Crippen LogP contribution in [0.1, 0.15) is 33.1 Å². The lowest BCUT2D eigenvalue weighted by Crippen LogP contribution is -2.57. The average molecular weight is 238 g/mol. The van der Waals surface area contributed by atoms with E-state index in [0.29, 0.717) is 25.4 Å². The van der Waals surface area contributed by atoms with Gasteiger partial charge in [0.25, 0.3) is 0 Å². The predicted molar refractivity (Wildman–Crippen MR) is 58.1 cm³/mol. The van der Waals surface area contributed by atoms with Crippen molar-refractivity contribution in [2.24, 2.45) is 11.7 Å². The zero-order valence-corrected chi connectivity index (χ0v) is 9.93. The van der Waals surface area contributed by atoms with Crippen LogP contribution < -0.4 is 5.73 Å². The number of likely N-dealkylation sites (tertiary alicyclic amines) is 1. The molecule has 1 fully saturated rings. The molecule has 0 aromatic rings. The Morgan fingerprint density at radius 3 is 2.19 bits per heavy atom. The van der Waals surface area contributed by atoms with Gasteiger partial charge in [0.2, 0.25) is 0 Å². The molecule has 2 unspecified atom stereocenters. The number of alkyl halides is 3. The highest BCUT2D eigenvalue weighted by molar-refractivity contribution is 4.89. The Morgan fingerprint density at radius 1 is 1.31 bits per heavy atom. The Hall–Kier alpha value is -0.290. The molecule has 1 heterocycles. The molecule has 0 aliphatic carbocycles. The predicted octanol–water partition coefficient (Wildman–Crippen LogP) is 2.39. The van der Waals surface area contributed by atoms with Crippen LogP contribution in [0.3, 0.4) is 0 Å². The highest BCUT2D eigenvalue weighted by Crippen LogP contribution is 2.30. The maximum atomic E-state index is 12.9. The summed E-state index contributed by atoms with van der Waals surface area (Å²) < 4.78 is 38.8. The highest BCUT2D eigenvalue weighted by atomic mass is 19.4. The van der Waals surface area contributed by atoms with Crippen molar-refractivity contribution in [1.29, 1.82) is 0 Å². The second-order valence-electron chi connectivity index (χ2n) is 4.78. The summed E-state index contributed by atoms with van der Waals surface area (Å²) in [5.74, 6) is 0.531. The van der Waals surface area contributed by atoms with Crippen LogP contribution >= 0.6 is 0 Å². The van der Waals surface area contributed by atoms with Crippen molar-refractivity contribution in [3.05, 3.63) is 0 Å². The number of hydrogen-bond donors (Lipinski definition) is 1. The normalized spacial score (nSPS) is 24.4. The number of hydrogen-bond acceptors (Lipinski definition) is 2. The fraction of sp³-hybridized carbons (Fsp3) is 1.00. The number of piperidine rings is 1. The van der Waals surface area contributed by atoms with Gasteiger partial charge < -0.3 is 5.73 Å². The van der Waals surface area contributed by atoms with Gasteiger partial charge in [0.05, 0.1) is 0 Å². The van der Waals surface area contributed by atoms with Gasteiger partial charge in [-0.25, -0.2) is 0 Å². The van der Waals surface area contributed by atoms with Crippen LogP contribution in [0.25, 0.3) is 0 Å². The van der Waals surface area contributed by atoms with Crippen molar-refractivity contribution in [2.75, 3.05) is 13.1 Å². The smallest absolute Gasteiger partial charge is 0.326 e. The average Bonchev–Trinajstić information content (AvgIpc) is 2.19. The van der Waals surface area contributed by atoms with Crippen LogP contribution in [0.5, 0.6) is 0 Å². The molecule has 2 atom stereocenters. The molecule has 1 rings (SSSR count). The third kappa shape index (κ3) is 3.35. The molecule has 2 nitrogen and oxygen atoms in total. The van der Waals surface area contributed by atoms with E-state index in [9.17, 15) is 13.2 Å². The molecule has 0 saturated carbocycles. The molecule has 0 aromatic heterocycles. The lowest BCUT2D eigenvalue weighted by molar-refractivity contribution is -0.192. The van der Waals surface area contributed by atoms with E-state index < -0.39 is 18.3 Å². The molecule has 96 valence electrons. The van der Waals surface area contributed by atoms with E-state index >= 15 is 0 Å². The van der Waals surface area contributed by atoms with Gasteiger partial charge in [0.15, 0.2) is 0 Å². The van der Waals surface area contributed by atoms with Gasteiger partial charge in [-0.1, -0.05) is 13.8 Å². The lowest BCUT2D eigenvalue weighted by Gasteiger charge is -2.40. The summed E-state index contributed by atoms with van der Waals surface area (Å²) in [5.41, 5.74) is 5.61. The van der Waals surface area contributed by atoms with Crippen LogP contribution in [0.4, 0.5) is 13.2 Å². The summed E-state index contributed by atoms with van der Waals surface area (Å²) in [6.07, 6.45) is -2.18. The van der Waals surface area contributed by atoms with E-state index in [2.05, 4.69) is 6.92 Å². The molecular formula is C11H21F3N2. The van der Waals surface area contributed by atoms with Crippen molar-refractivity contribution in [3.8, 4) is 0 Å². The third-order valence-electron chi connectivity index (χ3n) is 3.42. The van der Waals surface area contributed by atoms with Crippen LogP contribution in [-0.2, 0) is 0 Å². The molecule has 0 spiro atoms. The SMILES string of the molecule is CCC(N)C(N1CCC(C)CC1)C(F)(F)F. The Kier molecular flexibility index (Phi) is 4.62. The first-order chi connectivity index (χ1) is 7.36. The summed E-state index contributed by atoms with van der Waals surface area (Å²) in [5, 5.41) is 0. The second kappa shape index (κ2) is 5.36. The van der Waals surface area contributed by atoms with Crippen molar-refractivity contribution < 1.29 is 13.2 Å². The second-order valence-corrected chi connectivity index (χ2v) is 4.78. The van der Waals surface area contributed by atoms with E-state index in [1.165, 1.54) is 4.90 Å². The number of halogens is 3. The van der Waals surface area contributed by atoms with Gasteiger partial charge in [-0.05, 0) is 38.3 Å². The molecule has 5 heteroatoms. The first-order valence-corrected chi connectivity index (χ1v) is 5.92. The van der Waals surface area contributed by atoms with Crippen LogP contribution in [-0.4, -0.2) is 36.2 Å². The lowest BCUT2D eigenvalue weighted by atomic mass is 9.95. The van der Waals surface area contributed by atoms with Gasteiger partial charge >= 0.3 is 6.18 Å². The summed E-state index contributed by atoms with van der Waals surface area (Å²) in [4.78, 5) is 1.51. The van der Waals surface area contributed by atoms with Crippen molar-refractivity contribution >= 4 is 0 Å². The zero-order chi connectivity index (χ0) is 12.3. The maximum absolute atomic E-state index is 12.9. The quantitative estimate of drug-likeness (QED) is 0.818. The molecule has 1 aliphatic rings. The van der Waals surface area contributed by atoms with Gasteiger partial charge in [-0.3, -0.25) is 4.90 Å². The maximum Gasteiger partial charge on any atom is 0.405 e. The van der Waals surface area contributed by atoms with Crippen LogP contribution in [0.15, 0.2) is 0 Å². The topological polar surface area (TPSA) is 29.3 Å². The fourth-order valence-corrected chi connectivity index (χ4v) is 2.25. The van der Waals surface area contributed by atoms with Gasteiger partial charge in [-0.2, -0.15) is 13.2 Å². The van der Waals surface area contributed by atoms with Crippen molar-refractivity contribution in [3.63, 3.8) is 0 Å². The summed E-state index contributed by atoms with van der Waals surface area (Å²) in [6.45, 7) is 4.81. The minimum Gasteiger partial charge on any atom is -0.326 e. The van der Waals surface area contributed by atoms with Crippen LogP contribution in [0.2, 0.25) is 0 Å².